The van der Waals surface area contributed by atoms with E-state index in [4.69, 9.17) is 14.9 Å². The summed E-state index contributed by atoms with van der Waals surface area (Å²) in [6.07, 6.45) is 1.32. The van der Waals surface area contributed by atoms with E-state index in [9.17, 15) is 14.4 Å². The second-order valence-electron chi connectivity index (χ2n) is 6.33. The normalized spacial score (nSPS) is 10.5. The Bertz CT molecular complexity index is 1120. The molecule has 2 aromatic heterocycles. The molecule has 9 heteroatoms. The molecule has 0 aliphatic carbocycles. The van der Waals surface area contributed by atoms with Crippen molar-refractivity contribution in [2.45, 2.75) is 20.8 Å². The Hall–Kier alpha value is -4.01. The van der Waals surface area contributed by atoms with E-state index in [0.717, 1.165) is 0 Å². The van der Waals surface area contributed by atoms with Crippen LogP contribution in [0, 0.1) is 6.92 Å². The summed E-state index contributed by atoms with van der Waals surface area (Å²) < 4.78 is 10.6. The molecule has 9 nitrogen and oxygen atoms in total. The van der Waals surface area contributed by atoms with Crippen LogP contribution in [0.3, 0.4) is 0 Å². The van der Waals surface area contributed by atoms with Gasteiger partial charge in [0, 0.05) is 11.8 Å². The molecule has 0 unspecified atom stereocenters. The van der Waals surface area contributed by atoms with Crippen molar-refractivity contribution < 1.29 is 23.5 Å². The van der Waals surface area contributed by atoms with Crippen molar-refractivity contribution >= 4 is 29.4 Å². The van der Waals surface area contributed by atoms with Crippen molar-refractivity contribution in [1.82, 2.24) is 9.97 Å². The van der Waals surface area contributed by atoms with Gasteiger partial charge in [-0.25, -0.2) is 14.8 Å². The molecule has 1 aromatic carbocycles. The predicted molar refractivity (Wildman–Crippen MR) is 109 cm³/mol. The van der Waals surface area contributed by atoms with E-state index in [1.807, 2.05) is 30.3 Å². The highest BCUT2D eigenvalue weighted by Gasteiger charge is 2.27. The molecule has 3 rings (SSSR count). The van der Waals surface area contributed by atoms with Crippen LogP contribution in [-0.4, -0.2) is 34.2 Å². The lowest BCUT2D eigenvalue weighted by atomic mass is 10.1. The van der Waals surface area contributed by atoms with Gasteiger partial charge in [0.25, 0.3) is 5.91 Å². The van der Waals surface area contributed by atoms with Crippen molar-refractivity contribution in [3.8, 4) is 11.4 Å². The van der Waals surface area contributed by atoms with Crippen LogP contribution in [0.1, 0.15) is 50.7 Å². The maximum absolute atomic E-state index is 12.4. The monoisotopic (exact) mass is 408 g/mol. The standard InChI is InChI=1S/C21H20N4O5/c1-4-29-21(28)14-10-23-18(13-8-6-5-7-9-13)24-19(14)25-20-16(17(22)27)15(11(2)26)12(3)30-20/h5-10H,4H2,1-3H3,(H2,22,27)(H,23,24,25). The lowest BCUT2D eigenvalue weighted by Gasteiger charge is -2.11. The van der Waals surface area contributed by atoms with Crippen LogP contribution in [0.4, 0.5) is 11.7 Å². The molecule has 3 N–H and O–H groups in total. The lowest BCUT2D eigenvalue weighted by molar-refractivity contribution is 0.0526. The fourth-order valence-electron chi connectivity index (χ4n) is 2.96. The number of carbonyl (C=O) groups excluding carboxylic acids is 3. The van der Waals surface area contributed by atoms with Gasteiger partial charge in [0.2, 0.25) is 5.88 Å². The molecule has 0 fully saturated rings. The first-order valence-corrected chi connectivity index (χ1v) is 9.14. The minimum atomic E-state index is -0.852. The summed E-state index contributed by atoms with van der Waals surface area (Å²) in [5.74, 6) is -1.38. The van der Waals surface area contributed by atoms with E-state index in [1.165, 1.54) is 20.0 Å². The van der Waals surface area contributed by atoms with Crippen molar-refractivity contribution in [3.63, 3.8) is 0 Å². The number of benzene rings is 1. The SMILES string of the molecule is CCOC(=O)c1cnc(-c2ccccc2)nc1Nc1oc(C)c(C(C)=O)c1C(N)=O. The fourth-order valence-corrected chi connectivity index (χ4v) is 2.96. The third-order valence-corrected chi connectivity index (χ3v) is 4.23. The van der Waals surface area contributed by atoms with Crippen molar-refractivity contribution in [2.75, 3.05) is 11.9 Å². The molecule has 0 bridgehead atoms. The van der Waals surface area contributed by atoms with Gasteiger partial charge in [-0.2, -0.15) is 0 Å². The highest BCUT2D eigenvalue weighted by Crippen LogP contribution is 2.31. The number of nitrogens with one attached hydrogen (secondary N) is 1. The Balaban J connectivity index is 2.14. The Morgan fingerprint density at radius 2 is 1.87 bits per heavy atom. The number of Topliss-reactive ketones (excluding diaryl/α,β-unsaturated/α-hetero) is 1. The number of rotatable bonds is 7. The molecule has 0 aliphatic rings. The van der Waals surface area contributed by atoms with Crippen LogP contribution in [0.25, 0.3) is 11.4 Å². The molecule has 1 amide bonds. The van der Waals surface area contributed by atoms with Gasteiger partial charge in [-0.15, -0.1) is 0 Å². The number of anilines is 2. The molecule has 0 aliphatic heterocycles. The average molecular weight is 408 g/mol. The van der Waals surface area contributed by atoms with Gasteiger partial charge in [-0.1, -0.05) is 30.3 Å². The average Bonchev–Trinajstić information content (AvgIpc) is 3.05. The maximum atomic E-state index is 12.4. The molecule has 3 aromatic rings. The van der Waals surface area contributed by atoms with E-state index in [-0.39, 0.29) is 46.5 Å². The first kappa shape index (κ1) is 20.7. The topological polar surface area (TPSA) is 137 Å². The fraction of sp³-hybridized carbons (Fsp3) is 0.190. The zero-order chi connectivity index (χ0) is 21.8. The van der Waals surface area contributed by atoms with Crippen LogP contribution in [0.15, 0.2) is 40.9 Å². The second-order valence-corrected chi connectivity index (χ2v) is 6.33. The Morgan fingerprint density at radius 3 is 2.47 bits per heavy atom. The van der Waals surface area contributed by atoms with Gasteiger partial charge >= 0.3 is 5.97 Å². The molecule has 0 radical (unpaired) electrons. The maximum Gasteiger partial charge on any atom is 0.343 e. The Morgan fingerprint density at radius 1 is 1.17 bits per heavy atom. The van der Waals surface area contributed by atoms with Crippen LogP contribution >= 0.6 is 0 Å². The first-order chi connectivity index (χ1) is 14.3. The summed E-state index contributed by atoms with van der Waals surface area (Å²) in [5.41, 5.74) is 6.17. The number of aromatic nitrogens is 2. The van der Waals surface area contributed by atoms with E-state index in [2.05, 4.69) is 15.3 Å². The van der Waals surface area contributed by atoms with Crippen LogP contribution in [0.5, 0.6) is 0 Å². The number of furan rings is 1. The number of aryl methyl sites for hydroxylation is 1. The number of hydrogen-bond acceptors (Lipinski definition) is 8. The predicted octanol–water partition coefficient (Wildman–Crippen LogP) is 3.27. The summed E-state index contributed by atoms with van der Waals surface area (Å²) in [4.78, 5) is 45.0. The van der Waals surface area contributed by atoms with E-state index >= 15 is 0 Å². The highest BCUT2D eigenvalue weighted by molar-refractivity contribution is 6.11. The van der Waals surface area contributed by atoms with Crippen molar-refractivity contribution in [1.29, 1.82) is 0 Å². The zero-order valence-electron chi connectivity index (χ0n) is 16.7. The number of carbonyl (C=O) groups is 3. The molecule has 2 heterocycles. The molecule has 0 spiro atoms. The summed E-state index contributed by atoms with van der Waals surface area (Å²) in [6.45, 7) is 4.66. The number of amides is 1. The summed E-state index contributed by atoms with van der Waals surface area (Å²) in [5, 5.41) is 2.82. The molecular formula is C21H20N4O5. The van der Waals surface area contributed by atoms with E-state index in [1.54, 1.807) is 6.92 Å². The van der Waals surface area contributed by atoms with E-state index < -0.39 is 11.9 Å². The van der Waals surface area contributed by atoms with Gasteiger partial charge in [0.05, 0.1) is 12.2 Å². The minimum Gasteiger partial charge on any atom is -0.462 e. The number of hydrogen-bond donors (Lipinski definition) is 2. The summed E-state index contributed by atoms with van der Waals surface area (Å²) >= 11 is 0. The Kier molecular flexibility index (Phi) is 5.91. The third-order valence-electron chi connectivity index (χ3n) is 4.23. The number of nitrogens with two attached hydrogens (primary N) is 1. The van der Waals surface area contributed by atoms with Crippen LogP contribution < -0.4 is 11.1 Å². The van der Waals surface area contributed by atoms with E-state index in [0.29, 0.717) is 11.4 Å². The number of primary amides is 1. The number of ketones is 1. The molecule has 0 saturated carbocycles. The van der Waals surface area contributed by atoms with Gasteiger partial charge in [0.15, 0.2) is 17.4 Å². The number of nitrogens with zero attached hydrogens (tertiary/aromatic N) is 2. The molecule has 0 atom stereocenters. The first-order valence-electron chi connectivity index (χ1n) is 9.14. The molecular weight excluding hydrogens is 388 g/mol. The van der Waals surface area contributed by atoms with Gasteiger partial charge < -0.3 is 20.2 Å². The second kappa shape index (κ2) is 8.56. The van der Waals surface area contributed by atoms with Gasteiger partial charge in [0.1, 0.15) is 16.9 Å². The quantitative estimate of drug-likeness (QED) is 0.449. The third kappa shape index (κ3) is 4.04. The number of esters is 1. The largest absolute Gasteiger partial charge is 0.462 e. The van der Waals surface area contributed by atoms with Gasteiger partial charge in [-0.3, -0.25) is 9.59 Å². The van der Waals surface area contributed by atoms with Crippen molar-refractivity contribution in [2.24, 2.45) is 5.73 Å². The molecule has 30 heavy (non-hydrogen) atoms. The summed E-state index contributed by atoms with van der Waals surface area (Å²) in [7, 11) is 0. The highest BCUT2D eigenvalue weighted by atomic mass is 16.5. The summed E-state index contributed by atoms with van der Waals surface area (Å²) in [6, 6.07) is 9.12. The Labute approximate surface area is 172 Å². The number of ether oxygens (including phenoxy) is 1. The zero-order valence-corrected chi connectivity index (χ0v) is 16.7. The van der Waals surface area contributed by atoms with Crippen molar-refractivity contribution in [3.05, 3.63) is 59.0 Å². The minimum absolute atomic E-state index is 0.0328. The molecule has 0 saturated heterocycles. The van der Waals surface area contributed by atoms with Crippen LogP contribution in [0.2, 0.25) is 0 Å². The lowest BCUT2D eigenvalue weighted by Crippen LogP contribution is -2.17. The van der Waals surface area contributed by atoms with Crippen LogP contribution in [-0.2, 0) is 4.74 Å². The smallest absolute Gasteiger partial charge is 0.343 e. The van der Waals surface area contributed by atoms with Gasteiger partial charge in [-0.05, 0) is 20.8 Å². The molecule has 154 valence electrons.